The summed E-state index contributed by atoms with van der Waals surface area (Å²) in [6.45, 7) is 0. The van der Waals surface area contributed by atoms with Crippen molar-refractivity contribution < 1.29 is 0 Å². The van der Waals surface area contributed by atoms with Crippen molar-refractivity contribution in [1.29, 1.82) is 0 Å². The molecule has 0 bridgehead atoms. The first kappa shape index (κ1) is 15.7. The van der Waals surface area contributed by atoms with Gasteiger partial charge in [0.15, 0.2) is 0 Å². The van der Waals surface area contributed by atoms with Gasteiger partial charge in [-0.3, -0.25) is 0 Å². The van der Waals surface area contributed by atoms with Crippen molar-refractivity contribution in [2.45, 2.75) is 103 Å². The lowest BCUT2D eigenvalue weighted by Crippen LogP contribution is -2.53. The maximum absolute atomic E-state index is 2.58. The predicted octanol–water partition coefficient (Wildman–Crippen LogP) is 7.35. The van der Waals surface area contributed by atoms with E-state index in [1.165, 1.54) is 103 Å². The summed E-state index contributed by atoms with van der Waals surface area (Å²) in [4.78, 5) is 0. The third-order valence-electron chi connectivity index (χ3n) is 9.81. The fraction of sp³-hybridized carbons (Fsp3) is 0.833. The molecule has 4 unspecified atom stereocenters. The van der Waals surface area contributed by atoms with Crippen molar-refractivity contribution in [3.63, 3.8) is 0 Å². The van der Waals surface area contributed by atoms with Crippen LogP contribution >= 0.6 is 0 Å². The lowest BCUT2D eigenvalue weighted by Gasteiger charge is -2.64. The Balaban J connectivity index is 0.000000109. The van der Waals surface area contributed by atoms with Crippen LogP contribution in [-0.4, -0.2) is 0 Å². The zero-order valence-electron chi connectivity index (χ0n) is 15.6. The van der Waals surface area contributed by atoms with E-state index in [0.29, 0.717) is 5.41 Å². The first-order valence-corrected chi connectivity index (χ1v) is 11.1. The molecule has 6 rings (SSSR count). The second-order valence-electron chi connectivity index (χ2n) is 10.2. The molecular formula is C24H36. The van der Waals surface area contributed by atoms with Gasteiger partial charge < -0.3 is 0 Å². The zero-order chi connectivity index (χ0) is 16.1. The van der Waals surface area contributed by atoms with E-state index in [9.17, 15) is 0 Å². The van der Waals surface area contributed by atoms with Crippen LogP contribution in [0.1, 0.15) is 103 Å². The maximum atomic E-state index is 2.58. The molecule has 132 valence electrons. The lowest BCUT2D eigenvalue weighted by atomic mass is 9.41. The van der Waals surface area contributed by atoms with Gasteiger partial charge in [-0.1, -0.05) is 50.0 Å². The van der Waals surface area contributed by atoms with Crippen LogP contribution in [0.15, 0.2) is 24.3 Å². The molecule has 0 saturated heterocycles. The van der Waals surface area contributed by atoms with E-state index in [1.54, 1.807) is 0 Å². The molecule has 0 aromatic carbocycles. The van der Waals surface area contributed by atoms with E-state index in [1.807, 2.05) is 0 Å². The molecule has 0 aliphatic heterocycles. The second kappa shape index (κ2) is 5.49. The number of hydrogen-bond donors (Lipinski definition) is 0. The minimum atomic E-state index is 0.712. The summed E-state index contributed by atoms with van der Waals surface area (Å²) in [6, 6.07) is 0. The molecule has 4 saturated carbocycles. The molecule has 24 heavy (non-hydrogen) atoms. The van der Waals surface area contributed by atoms with Gasteiger partial charge in [0.25, 0.3) is 0 Å². The molecule has 4 atom stereocenters. The average Bonchev–Trinajstić information content (AvgIpc) is 2.59. The molecule has 0 nitrogen and oxygen atoms in total. The summed E-state index contributed by atoms with van der Waals surface area (Å²) in [5, 5.41) is 0. The van der Waals surface area contributed by atoms with E-state index >= 15 is 0 Å². The van der Waals surface area contributed by atoms with Crippen LogP contribution in [0.3, 0.4) is 0 Å². The van der Waals surface area contributed by atoms with Crippen LogP contribution in [0.2, 0.25) is 0 Å². The topological polar surface area (TPSA) is 0 Å². The normalized spacial score (nSPS) is 50.7. The first-order chi connectivity index (χ1) is 11.7. The van der Waals surface area contributed by atoms with Gasteiger partial charge in [0.1, 0.15) is 0 Å². The molecule has 0 heteroatoms. The number of rotatable bonds is 0. The maximum Gasteiger partial charge on any atom is -0.00615 e. The Morgan fingerprint density at radius 3 is 1.58 bits per heavy atom. The van der Waals surface area contributed by atoms with Crippen LogP contribution in [-0.2, 0) is 0 Å². The third kappa shape index (κ3) is 1.98. The van der Waals surface area contributed by atoms with Gasteiger partial charge in [0, 0.05) is 0 Å². The van der Waals surface area contributed by atoms with Gasteiger partial charge in [-0.05, 0) is 98.7 Å². The Morgan fingerprint density at radius 1 is 0.458 bits per heavy atom. The molecule has 0 N–H and O–H groups in total. The first-order valence-electron chi connectivity index (χ1n) is 11.1. The van der Waals surface area contributed by atoms with E-state index in [4.69, 9.17) is 0 Å². The Labute approximate surface area is 149 Å². The summed E-state index contributed by atoms with van der Waals surface area (Å²) in [7, 11) is 0. The average molecular weight is 325 g/mol. The van der Waals surface area contributed by atoms with Crippen molar-refractivity contribution in [2.75, 3.05) is 0 Å². The van der Waals surface area contributed by atoms with Gasteiger partial charge >= 0.3 is 0 Å². The predicted molar refractivity (Wildman–Crippen MR) is 102 cm³/mol. The van der Waals surface area contributed by atoms with Crippen LogP contribution in [0.25, 0.3) is 0 Å². The highest BCUT2D eigenvalue weighted by atomic mass is 14.6. The van der Waals surface area contributed by atoms with Crippen LogP contribution in [0.5, 0.6) is 0 Å². The molecule has 6 aliphatic rings. The standard InChI is InChI=1S/2C12H18/c2*1-2-6-12-8-4-3-7-11(12,5-1)9-10-12/h1,5H,2-4,6-10H2;1-2H,3-10H2. The lowest BCUT2D eigenvalue weighted by molar-refractivity contribution is -0.118. The summed E-state index contributed by atoms with van der Waals surface area (Å²) in [5.74, 6) is 0. The Hall–Kier alpha value is -0.520. The van der Waals surface area contributed by atoms with Crippen molar-refractivity contribution in [2.24, 2.45) is 21.7 Å². The third-order valence-corrected chi connectivity index (χ3v) is 9.81. The highest BCUT2D eigenvalue weighted by molar-refractivity contribution is 5.21. The molecule has 0 heterocycles. The number of hydrogen-bond acceptors (Lipinski definition) is 0. The van der Waals surface area contributed by atoms with E-state index in [-0.39, 0.29) is 0 Å². The Kier molecular flexibility index (Phi) is 3.59. The summed E-state index contributed by atoms with van der Waals surface area (Å²) < 4.78 is 0. The van der Waals surface area contributed by atoms with Gasteiger partial charge in [0.2, 0.25) is 0 Å². The molecule has 0 spiro atoms. The minimum Gasteiger partial charge on any atom is -0.0879 e. The van der Waals surface area contributed by atoms with Crippen molar-refractivity contribution in [3.8, 4) is 0 Å². The second-order valence-corrected chi connectivity index (χ2v) is 10.2. The molecule has 0 aromatic rings. The Morgan fingerprint density at radius 2 is 1.04 bits per heavy atom. The van der Waals surface area contributed by atoms with Gasteiger partial charge in [-0.2, -0.15) is 0 Å². The molecular weight excluding hydrogens is 288 g/mol. The van der Waals surface area contributed by atoms with Crippen LogP contribution < -0.4 is 0 Å². The molecule has 4 fully saturated rings. The van der Waals surface area contributed by atoms with Gasteiger partial charge in [-0.15, -0.1) is 0 Å². The summed E-state index contributed by atoms with van der Waals surface area (Å²) in [5.41, 5.74) is 3.13. The largest absolute Gasteiger partial charge is 0.0879 e. The van der Waals surface area contributed by atoms with Crippen molar-refractivity contribution in [1.82, 2.24) is 0 Å². The molecule has 6 aliphatic carbocycles. The van der Waals surface area contributed by atoms with Crippen molar-refractivity contribution >= 4 is 0 Å². The molecule has 0 radical (unpaired) electrons. The number of allylic oxidation sites excluding steroid dienone is 4. The van der Waals surface area contributed by atoms with E-state index in [0.717, 1.165) is 16.2 Å². The smallest absolute Gasteiger partial charge is 0.00615 e. The SMILES string of the molecule is C1=CC23CCCCC2(CC1)CC3.C1=CCC23CCCCC2(C1)CC3. The highest BCUT2D eigenvalue weighted by Crippen LogP contribution is 2.70. The van der Waals surface area contributed by atoms with E-state index < -0.39 is 0 Å². The van der Waals surface area contributed by atoms with Gasteiger partial charge in [0.05, 0.1) is 0 Å². The zero-order valence-corrected chi connectivity index (χ0v) is 15.6. The van der Waals surface area contributed by atoms with Crippen LogP contribution in [0, 0.1) is 21.7 Å². The highest BCUT2D eigenvalue weighted by Gasteiger charge is 2.59. The molecule has 0 amide bonds. The fourth-order valence-corrected chi connectivity index (χ4v) is 7.98. The van der Waals surface area contributed by atoms with Crippen molar-refractivity contribution in [3.05, 3.63) is 24.3 Å². The van der Waals surface area contributed by atoms with Crippen LogP contribution in [0.4, 0.5) is 0 Å². The minimum absolute atomic E-state index is 0.712. The van der Waals surface area contributed by atoms with E-state index in [2.05, 4.69) is 24.3 Å². The Bertz CT molecular complexity index is 527. The summed E-state index contributed by atoms with van der Waals surface area (Å²) >= 11 is 0. The summed E-state index contributed by atoms with van der Waals surface area (Å²) in [6.07, 6.45) is 33.9. The van der Waals surface area contributed by atoms with Gasteiger partial charge in [-0.25, -0.2) is 0 Å². The molecule has 0 aromatic heterocycles. The fourth-order valence-electron chi connectivity index (χ4n) is 7.98. The monoisotopic (exact) mass is 324 g/mol. The quantitative estimate of drug-likeness (QED) is 0.408.